The molecule has 0 radical (unpaired) electrons. The van der Waals surface area contributed by atoms with Crippen LogP contribution in [0.2, 0.25) is 0 Å². The molecule has 0 spiro atoms. The van der Waals surface area contributed by atoms with E-state index in [1.807, 2.05) is 10.9 Å². The topological polar surface area (TPSA) is 45.1 Å². The number of thiazole rings is 1. The number of aliphatic hydroxyl groups is 1. The van der Waals surface area contributed by atoms with Crippen LogP contribution in [0.15, 0.2) is 10.9 Å². The monoisotopic (exact) mass is 214 g/mol. The minimum Gasteiger partial charge on any atom is -0.396 e. The maximum absolute atomic E-state index is 8.94. The van der Waals surface area contributed by atoms with Crippen molar-refractivity contribution in [3.63, 3.8) is 0 Å². The van der Waals surface area contributed by atoms with Crippen molar-refractivity contribution in [3.05, 3.63) is 16.6 Å². The molecule has 0 bridgehead atoms. The molecule has 0 aliphatic carbocycles. The zero-order valence-electron chi connectivity index (χ0n) is 8.79. The van der Waals surface area contributed by atoms with E-state index < -0.39 is 0 Å². The number of hydrogen-bond acceptors (Lipinski definition) is 4. The van der Waals surface area contributed by atoms with Gasteiger partial charge in [-0.25, -0.2) is 4.98 Å². The molecule has 1 aromatic rings. The number of nitrogens with one attached hydrogen (secondary N) is 1. The van der Waals surface area contributed by atoms with Crippen LogP contribution in [0.3, 0.4) is 0 Å². The average Bonchev–Trinajstić information content (AvgIpc) is 2.68. The molecule has 0 saturated heterocycles. The van der Waals surface area contributed by atoms with Crippen molar-refractivity contribution in [1.82, 2.24) is 10.3 Å². The number of aromatic nitrogens is 1. The fourth-order valence-corrected chi connectivity index (χ4v) is 1.82. The molecule has 3 nitrogen and oxygen atoms in total. The standard InChI is InChI=1S/C10H18N2OS/c1-3-10(2,4-5-13)12-6-9-7-14-8-11-9/h7-8,12-13H,3-6H2,1-2H3. The summed E-state index contributed by atoms with van der Waals surface area (Å²) in [5.74, 6) is 0. The van der Waals surface area contributed by atoms with E-state index in [0.717, 1.165) is 25.1 Å². The van der Waals surface area contributed by atoms with Crippen molar-refractivity contribution in [2.45, 2.75) is 38.8 Å². The highest BCUT2D eigenvalue weighted by molar-refractivity contribution is 7.07. The van der Waals surface area contributed by atoms with Gasteiger partial charge in [-0.3, -0.25) is 0 Å². The maximum atomic E-state index is 8.94. The highest BCUT2D eigenvalue weighted by Crippen LogP contribution is 2.14. The molecule has 0 aliphatic heterocycles. The highest BCUT2D eigenvalue weighted by atomic mass is 32.1. The second-order valence-corrected chi connectivity index (χ2v) is 4.44. The first-order valence-corrected chi connectivity index (χ1v) is 5.87. The Kier molecular flexibility index (Phi) is 4.51. The molecule has 2 N–H and O–H groups in total. The first-order valence-electron chi connectivity index (χ1n) is 4.93. The summed E-state index contributed by atoms with van der Waals surface area (Å²) in [5.41, 5.74) is 2.94. The van der Waals surface area contributed by atoms with E-state index in [9.17, 15) is 0 Å². The van der Waals surface area contributed by atoms with Crippen LogP contribution in [-0.2, 0) is 6.54 Å². The van der Waals surface area contributed by atoms with Gasteiger partial charge in [0, 0.05) is 24.1 Å². The van der Waals surface area contributed by atoms with E-state index >= 15 is 0 Å². The largest absolute Gasteiger partial charge is 0.396 e. The van der Waals surface area contributed by atoms with E-state index in [2.05, 4.69) is 24.1 Å². The molecule has 0 aromatic carbocycles. The average molecular weight is 214 g/mol. The van der Waals surface area contributed by atoms with E-state index in [1.165, 1.54) is 0 Å². The zero-order valence-corrected chi connectivity index (χ0v) is 9.60. The van der Waals surface area contributed by atoms with E-state index in [-0.39, 0.29) is 12.1 Å². The van der Waals surface area contributed by atoms with Gasteiger partial charge in [0.2, 0.25) is 0 Å². The van der Waals surface area contributed by atoms with Crippen LogP contribution in [0.1, 0.15) is 32.4 Å². The Morgan fingerprint density at radius 1 is 1.64 bits per heavy atom. The summed E-state index contributed by atoms with van der Waals surface area (Å²) in [6.07, 6.45) is 1.80. The molecule has 0 amide bonds. The first-order chi connectivity index (χ1) is 6.70. The molecule has 0 aliphatic rings. The Morgan fingerprint density at radius 2 is 2.43 bits per heavy atom. The van der Waals surface area contributed by atoms with Crippen molar-refractivity contribution in [1.29, 1.82) is 0 Å². The van der Waals surface area contributed by atoms with E-state index in [1.54, 1.807) is 11.3 Å². The minimum atomic E-state index is 0.0262. The van der Waals surface area contributed by atoms with Gasteiger partial charge < -0.3 is 10.4 Å². The van der Waals surface area contributed by atoms with Crippen LogP contribution in [0.5, 0.6) is 0 Å². The Bertz CT molecular complexity index is 251. The van der Waals surface area contributed by atoms with E-state index in [4.69, 9.17) is 5.11 Å². The summed E-state index contributed by atoms with van der Waals surface area (Å²) in [5, 5.41) is 14.4. The lowest BCUT2D eigenvalue weighted by atomic mass is 9.95. The van der Waals surface area contributed by atoms with Gasteiger partial charge in [0.25, 0.3) is 0 Å². The van der Waals surface area contributed by atoms with Gasteiger partial charge in [-0.15, -0.1) is 11.3 Å². The quantitative estimate of drug-likeness (QED) is 0.759. The molecule has 0 saturated carbocycles. The summed E-state index contributed by atoms with van der Waals surface area (Å²) in [6.45, 7) is 5.28. The lowest BCUT2D eigenvalue weighted by Crippen LogP contribution is -2.42. The van der Waals surface area contributed by atoms with Crippen LogP contribution < -0.4 is 5.32 Å². The van der Waals surface area contributed by atoms with Crippen LogP contribution in [0.4, 0.5) is 0 Å². The molecule has 1 aromatic heterocycles. The smallest absolute Gasteiger partial charge is 0.0795 e. The maximum Gasteiger partial charge on any atom is 0.0795 e. The molecular formula is C10H18N2OS. The summed E-state index contributed by atoms with van der Waals surface area (Å²) in [6, 6.07) is 0. The Balaban J connectivity index is 2.41. The lowest BCUT2D eigenvalue weighted by Gasteiger charge is -2.28. The lowest BCUT2D eigenvalue weighted by molar-refractivity contribution is 0.214. The molecule has 4 heteroatoms. The Labute approximate surface area is 89.2 Å². The normalized spacial score (nSPS) is 15.4. The zero-order chi connectivity index (χ0) is 10.4. The SMILES string of the molecule is CCC(C)(CCO)NCc1cscn1. The molecule has 14 heavy (non-hydrogen) atoms. The molecule has 1 atom stereocenters. The minimum absolute atomic E-state index is 0.0262. The molecule has 1 rings (SSSR count). The predicted molar refractivity (Wildman–Crippen MR) is 59.4 cm³/mol. The van der Waals surface area contributed by atoms with Gasteiger partial charge >= 0.3 is 0 Å². The molecule has 80 valence electrons. The fraction of sp³-hybridized carbons (Fsp3) is 0.700. The van der Waals surface area contributed by atoms with Gasteiger partial charge in [0.1, 0.15) is 0 Å². The third kappa shape index (κ3) is 3.36. The van der Waals surface area contributed by atoms with Crippen LogP contribution in [0, 0.1) is 0 Å². The third-order valence-electron chi connectivity index (χ3n) is 2.62. The van der Waals surface area contributed by atoms with Gasteiger partial charge in [0.15, 0.2) is 0 Å². The van der Waals surface area contributed by atoms with Crippen molar-refractivity contribution in [3.8, 4) is 0 Å². The summed E-state index contributed by atoms with van der Waals surface area (Å²) < 4.78 is 0. The first kappa shape index (κ1) is 11.6. The van der Waals surface area contributed by atoms with Crippen LogP contribution in [-0.4, -0.2) is 22.2 Å². The van der Waals surface area contributed by atoms with Crippen LogP contribution >= 0.6 is 11.3 Å². The highest BCUT2D eigenvalue weighted by Gasteiger charge is 2.20. The fourth-order valence-electron chi connectivity index (χ4n) is 1.27. The number of hydrogen-bond donors (Lipinski definition) is 2. The van der Waals surface area contributed by atoms with Gasteiger partial charge in [0.05, 0.1) is 11.2 Å². The summed E-state index contributed by atoms with van der Waals surface area (Å²) in [4.78, 5) is 4.21. The van der Waals surface area contributed by atoms with Crippen molar-refractivity contribution in [2.24, 2.45) is 0 Å². The predicted octanol–water partition coefficient (Wildman–Crippen LogP) is 1.78. The van der Waals surface area contributed by atoms with Gasteiger partial charge in [-0.2, -0.15) is 0 Å². The van der Waals surface area contributed by atoms with Gasteiger partial charge in [-0.1, -0.05) is 6.92 Å². The van der Waals surface area contributed by atoms with Crippen molar-refractivity contribution >= 4 is 11.3 Å². The summed E-state index contributed by atoms with van der Waals surface area (Å²) in [7, 11) is 0. The molecule has 1 heterocycles. The Morgan fingerprint density at radius 3 is 2.93 bits per heavy atom. The van der Waals surface area contributed by atoms with Crippen molar-refractivity contribution in [2.75, 3.05) is 6.61 Å². The van der Waals surface area contributed by atoms with Crippen LogP contribution in [0.25, 0.3) is 0 Å². The second kappa shape index (κ2) is 5.44. The third-order valence-corrected chi connectivity index (χ3v) is 3.26. The molecule has 0 fully saturated rings. The second-order valence-electron chi connectivity index (χ2n) is 3.72. The number of rotatable bonds is 6. The molecular weight excluding hydrogens is 196 g/mol. The van der Waals surface area contributed by atoms with Gasteiger partial charge in [-0.05, 0) is 19.8 Å². The summed E-state index contributed by atoms with van der Waals surface area (Å²) >= 11 is 1.61. The Hall–Kier alpha value is -0.450. The number of aliphatic hydroxyl groups excluding tert-OH is 1. The van der Waals surface area contributed by atoms with Crippen molar-refractivity contribution < 1.29 is 5.11 Å². The number of nitrogens with zero attached hydrogens (tertiary/aromatic N) is 1. The van der Waals surface area contributed by atoms with E-state index in [0.29, 0.717) is 0 Å². The molecule has 1 unspecified atom stereocenters.